The fourth-order valence-electron chi connectivity index (χ4n) is 1.29. The molecule has 0 saturated carbocycles. The smallest absolute Gasteiger partial charge is 0.340 e. The van der Waals surface area contributed by atoms with Gasteiger partial charge in [-0.2, -0.15) is 0 Å². The Labute approximate surface area is 125 Å². The third-order valence-corrected chi connectivity index (χ3v) is 3.12. The van der Waals surface area contributed by atoms with Crippen LogP contribution in [0.3, 0.4) is 0 Å². The highest BCUT2D eigenvalue weighted by Crippen LogP contribution is 2.31. The summed E-state index contributed by atoms with van der Waals surface area (Å²) in [6.45, 7) is 0. The molecule has 6 nitrogen and oxygen atoms in total. The molecule has 2 N–H and O–H groups in total. The Hall–Kier alpha value is -1.41. The van der Waals surface area contributed by atoms with Gasteiger partial charge >= 0.3 is 11.9 Å². The van der Waals surface area contributed by atoms with E-state index in [1.54, 1.807) is 6.07 Å². The number of carbonyl (C=O) groups is 3. The first-order chi connectivity index (χ1) is 8.85. The molecule has 0 aliphatic heterocycles. The Kier molecular flexibility index (Phi) is 5.49. The monoisotopic (exact) mass is 393 g/mol. The van der Waals surface area contributed by atoms with Gasteiger partial charge in [-0.3, -0.25) is 9.59 Å². The lowest BCUT2D eigenvalue weighted by atomic mass is 10.1. The summed E-state index contributed by atoms with van der Waals surface area (Å²) in [6.07, 6.45) is -0.691. The molecule has 0 heterocycles. The zero-order valence-electron chi connectivity index (χ0n) is 9.70. The first kappa shape index (κ1) is 15.6. The zero-order valence-corrected chi connectivity index (χ0v) is 12.9. The quantitative estimate of drug-likeness (QED) is 0.604. The van der Waals surface area contributed by atoms with Crippen LogP contribution in [0, 0.1) is 0 Å². The van der Waals surface area contributed by atoms with Gasteiger partial charge in [0.25, 0.3) is 0 Å². The molecule has 0 aliphatic carbocycles. The van der Waals surface area contributed by atoms with Gasteiger partial charge < -0.3 is 15.2 Å². The molecule has 0 aliphatic rings. The number of benzene rings is 1. The number of hydrogen-bond donors (Lipinski definition) is 2. The zero-order chi connectivity index (χ0) is 14.6. The maximum Gasteiger partial charge on any atom is 0.340 e. The van der Waals surface area contributed by atoms with Crippen molar-refractivity contribution in [2.75, 3.05) is 12.4 Å². The second-order valence-corrected chi connectivity index (χ2v) is 5.19. The number of ether oxygens (including phenoxy) is 1. The number of methoxy groups -OCH3 is 1. The number of esters is 1. The molecular weight excluding hydrogens is 386 g/mol. The number of amides is 1. The molecule has 1 rings (SSSR count). The van der Waals surface area contributed by atoms with Crippen molar-refractivity contribution in [2.24, 2.45) is 0 Å². The van der Waals surface area contributed by atoms with E-state index in [1.807, 2.05) is 0 Å². The lowest BCUT2D eigenvalue weighted by Gasteiger charge is -2.12. The lowest BCUT2D eigenvalue weighted by molar-refractivity contribution is -0.139. The van der Waals surface area contributed by atoms with Crippen LogP contribution in [0.2, 0.25) is 0 Å². The van der Waals surface area contributed by atoms with Crippen LogP contribution in [0.5, 0.6) is 0 Å². The van der Waals surface area contributed by atoms with E-state index in [1.165, 1.54) is 13.2 Å². The Morgan fingerprint density at radius 2 is 1.95 bits per heavy atom. The van der Waals surface area contributed by atoms with E-state index in [0.29, 0.717) is 8.95 Å². The van der Waals surface area contributed by atoms with Gasteiger partial charge in [-0.15, -0.1) is 0 Å². The molecule has 0 saturated heterocycles. The molecular formula is C11H9Br2NO5. The second kappa shape index (κ2) is 6.67. The summed E-state index contributed by atoms with van der Waals surface area (Å²) >= 11 is 6.40. The number of halogens is 2. The van der Waals surface area contributed by atoms with Gasteiger partial charge in [0.1, 0.15) is 6.42 Å². The first-order valence-corrected chi connectivity index (χ1v) is 6.52. The number of carboxylic acids is 1. The molecule has 0 unspecified atom stereocenters. The fraction of sp³-hybridized carbons (Fsp3) is 0.182. The number of rotatable bonds is 4. The number of aliphatic carboxylic acids is 1. The summed E-state index contributed by atoms with van der Waals surface area (Å²) in [5.74, 6) is -2.64. The molecule has 0 fully saturated rings. The van der Waals surface area contributed by atoms with Gasteiger partial charge in [0.2, 0.25) is 5.91 Å². The highest BCUT2D eigenvalue weighted by atomic mass is 79.9. The third-order valence-electron chi connectivity index (χ3n) is 2.04. The fourth-order valence-corrected chi connectivity index (χ4v) is 2.62. The number of hydrogen-bond acceptors (Lipinski definition) is 4. The van der Waals surface area contributed by atoms with Crippen LogP contribution in [0.15, 0.2) is 21.1 Å². The highest BCUT2D eigenvalue weighted by Gasteiger charge is 2.19. The van der Waals surface area contributed by atoms with Crippen molar-refractivity contribution in [3.8, 4) is 0 Å². The van der Waals surface area contributed by atoms with Gasteiger partial charge in [-0.25, -0.2) is 4.79 Å². The minimum absolute atomic E-state index is 0.113. The van der Waals surface area contributed by atoms with Gasteiger partial charge in [0, 0.05) is 8.95 Å². The van der Waals surface area contributed by atoms with Crippen molar-refractivity contribution in [1.29, 1.82) is 0 Å². The average molecular weight is 395 g/mol. The van der Waals surface area contributed by atoms with Gasteiger partial charge in [0.15, 0.2) is 0 Å². The number of nitrogens with one attached hydrogen (secondary N) is 1. The van der Waals surface area contributed by atoms with E-state index in [-0.39, 0.29) is 11.3 Å². The van der Waals surface area contributed by atoms with E-state index in [4.69, 9.17) is 5.11 Å². The SMILES string of the molecule is COC(=O)c1cc(Br)cc(Br)c1NC(=O)CC(=O)O. The Bertz CT molecular complexity index is 544. The highest BCUT2D eigenvalue weighted by molar-refractivity contribution is 9.11. The summed E-state index contributed by atoms with van der Waals surface area (Å²) in [5, 5.41) is 10.9. The number of carboxylic acid groups (broad SMARTS) is 1. The van der Waals surface area contributed by atoms with Crippen molar-refractivity contribution in [3.63, 3.8) is 0 Å². The molecule has 0 radical (unpaired) electrons. The molecule has 0 aromatic heterocycles. The number of carbonyl (C=O) groups excluding carboxylic acids is 2. The normalized spacial score (nSPS) is 9.84. The largest absolute Gasteiger partial charge is 0.481 e. The minimum Gasteiger partial charge on any atom is -0.481 e. The maximum atomic E-state index is 11.6. The van der Waals surface area contributed by atoms with Crippen LogP contribution < -0.4 is 5.32 Å². The molecule has 8 heteroatoms. The van der Waals surface area contributed by atoms with Crippen LogP contribution in [0.25, 0.3) is 0 Å². The van der Waals surface area contributed by atoms with Crippen molar-refractivity contribution >= 4 is 55.4 Å². The predicted octanol–water partition coefficient (Wildman–Crippen LogP) is 2.41. The van der Waals surface area contributed by atoms with E-state index < -0.39 is 24.3 Å². The van der Waals surface area contributed by atoms with Crippen molar-refractivity contribution in [2.45, 2.75) is 6.42 Å². The van der Waals surface area contributed by atoms with Crippen LogP contribution in [0.4, 0.5) is 5.69 Å². The van der Waals surface area contributed by atoms with Crippen LogP contribution in [-0.4, -0.2) is 30.1 Å². The Balaban J connectivity index is 3.14. The van der Waals surface area contributed by atoms with E-state index in [2.05, 4.69) is 41.9 Å². The number of anilines is 1. The van der Waals surface area contributed by atoms with Gasteiger partial charge in [0.05, 0.1) is 18.4 Å². The van der Waals surface area contributed by atoms with Crippen molar-refractivity contribution in [3.05, 3.63) is 26.6 Å². The molecule has 0 spiro atoms. The maximum absolute atomic E-state index is 11.6. The van der Waals surface area contributed by atoms with Crippen LogP contribution >= 0.6 is 31.9 Å². The Morgan fingerprint density at radius 1 is 1.32 bits per heavy atom. The molecule has 19 heavy (non-hydrogen) atoms. The van der Waals surface area contributed by atoms with Gasteiger partial charge in [-0.1, -0.05) is 15.9 Å². The molecule has 102 valence electrons. The molecule has 1 aromatic carbocycles. The summed E-state index contributed by atoms with van der Waals surface area (Å²) in [7, 11) is 1.21. The van der Waals surface area contributed by atoms with Crippen LogP contribution in [0.1, 0.15) is 16.8 Å². The summed E-state index contributed by atoms with van der Waals surface area (Å²) < 4.78 is 5.64. The van der Waals surface area contributed by atoms with Crippen molar-refractivity contribution < 1.29 is 24.2 Å². The molecule has 1 aromatic rings. The third kappa shape index (κ3) is 4.32. The first-order valence-electron chi connectivity index (χ1n) is 4.94. The standard InChI is InChI=1S/C11H9Br2NO5/c1-19-11(18)6-2-5(12)3-7(13)10(6)14-8(15)4-9(16)17/h2-3H,4H2,1H3,(H,14,15)(H,16,17). The topological polar surface area (TPSA) is 92.7 Å². The van der Waals surface area contributed by atoms with E-state index in [0.717, 1.165) is 0 Å². The lowest BCUT2D eigenvalue weighted by Crippen LogP contribution is -2.18. The van der Waals surface area contributed by atoms with E-state index >= 15 is 0 Å². The van der Waals surface area contributed by atoms with Gasteiger partial charge in [-0.05, 0) is 28.1 Å². The minimum atomic E-state index is -1.26. The molecule has 0 bridgehead atoms. The van der Waals surface area contributed by atoms with Crippen LogP contribution in [-0.2, 0) is 14.3 Å². The summed E-state index contributed by atoms with van der Waals surface area (Å²) in [4.78, 5) is 33.5. The summed E-state index contributed by atoms with van der Waals surface area (Å²) in [6, 6.07) is 3.08. The molecule has 1 amide bonds. The summed E-state index contributed by atoms with van der Waals surface area (Å²) in [5.41, 5.74) is 0.281. The Morgan fingerprint density at radius 3 is 2.47 bits per heavy atom. The van der Waals surface area contributed by atoms with E-state index in [9.17, 15) is 14.4 Å². The molecule has 0 atom stereocenters. The average Bonchev–Trinajstić information content (AvgIpc) is 2.30. The second-order valence-electron chi connectivity index (χ2n) is 3.42. The van der Waals surface area contributed by atoms with Crippen molar-refractivity contribution in [1.82, 2.24) is 0 Å². The predicted molar refractivity (Wildman–Crippen MR) is 74.1 cm³/mol.